The molecule has 1 unspecified atom stereocenters. The first-order valence-corrected chi connectivity index (χ1v) is 11.2. The van der Waals surface area contributed by atoms with E-state index in [1.54, 1.807) is 11.1 Å². The molecule has 0 saturated carbocycles. The van der Waals surface area contributed by atoms with Crippen molar-refractivity contribution in [3.05, 3.63) is 59.8 Å². The number of hydrogen-bond donors (Lipinski definition) is 2. The fraction of sp³-hybridized carbons (Fsp3) is 0.360. The molecule has 0 radical (unpaired) electrons. The van der Waals surface area contributed by atoms with Crippen LogP contribution in [0.25, 0.3) is 6.08 Å². The van der Waals surface area contributed by atoms with Crippen LogP contribution in [0.4, 0.5) is 11.4 Å². The molecule has 32 heavy (non-hydrogen) atoms. The molecule has 0 aromatic heterocycles. The van der Waals surface area contributed by atoms with E-state index in [-0.39, 0.29) is 11.8 Å². The Morgan fingerprint density at radius 1 is 1.19 bits per heavy atom. The van der Waals surface area contributed by atoms with E-state index in [2.05, 4.69) is 5.32 Å². The maximum absolute atomic E-state index is 12.9. The molecule has 2 aliphatic rings. The fourth-order valence-corrected chi connectivity index (χ4v) is 4.04. The number of rotatable bonds is 7. The average Bonchev–Trinajstić information content (AvgIpc) is 2.79. The summed E-state index contributed by atoms with van der Waals surface area (Å²) in [5, 5.41) is 13.7. The van der Waals surface area contributed by atoms with Gasteiger partial charge in [-0.05, 0) is 72.9 Å². The quantitative estimate of drug-likeness (QED) is 0.666. The van der Waals surface area contributed by atoms with Gasteiger partial charge in [-0.2, -0.15) is 0 Å². The predicted molar refractivity (Wildman–Crippen MR) is 123 cm³/mol. The summed E-state index contributed by atoms with van der Waals surface area (Å²) in [6, 6.07) is 13.0. The van der Waals surface area contributed by atoms with Gasteiger partial charge in [0, 0.05) is 30.5 Å². The number of nitrogens with one attached hydrogen (secondary N) is 1. The maximum atomic E-state index is 12.9. The normalized spacial score (nSPS) is 16.5. The lowest BCUT2D eigenvalue weighted by Crippen LogP contribution is -2.35. The molecule has 2 heterocycles. The van der Waals surface area contributed by atoms with E-state index in [1.807, 2.05) is 55.5 Å². The van der Waals surface area contributed by atoms with E-state index in [9.17, 15) is 14.8 Å². The number of anilines is 2. The number of ether oxygens (including phenoxy) is 1. The zero-order valence-corrected chi connectivity index (χ0v) is 18.3. The fourth-order valence-electron chi connectivity index (χ4n) is 4.04. The van der Waals surface area contributed by atoms with Crippen LogP contribution < -0.4 is 15.0 Å². The zero-order chi connectivity index (χ0) is 22.5. The topological polar surface area (TPSA) is 82.1 Å². The second-order valence-corrected chi connectivity index (χ2v) is 8.21. The Hall–Kier alpha value is -3.32. The first-order valence-electron chi connectivity index (χ1n) is 11.2. The van der Waals surface area contributed by atoms with Gasteiger partial charge in [0.1, 0.15) is 5.75 Å². The summed E-state index contributed by atoms with van der Waals surface area (Å²) >= 11 is 0. The van der Waals surface area contributed by atoms with Crippen LogP contribution in [0, 0.1) is 0 Å². The Kier molecular flexibility index (Phi) is 6.75. The highest BCUT2D eigenvalue weighted by Crippen LogP contribution is 2.26. The third kappa shape index (κ3) is 5.11. The van der Waals surface area contributed by atoms with Gasteiger partial charge in [0.2, 0.25) is 5.91 Å². The third-order valence-electron chi connectivity index (χ3n) is 5.76. The van der Waals surface area contributed by atoms with Crippen LogP contribution in [-0.4, -0.2) is 34.7 Å². The van der Waals surface area contributed by atoms with Crippen molar-refractivity contribution in [3.8, 4) is 5.75 Å². The van der Waals surface area contributed by atoms with E-state index in [4.69, 9.17) is 4.74 Å². The Labute approximate surface area is 188 Å². The highest BCUT2D eigenvalue weighted by atomic mass is 16.5. The minimum atomic E-state index is -0.634. The number of fused-ring (bicyclic) bond motifs is 1. The van der Waals surface area contributed by atoms with Gasteiger partial charge in [0.25, 0.3) is 5.91 Å². The molecular formula is C25H29N3O4. The van der Waals surface area contributed by atoms with Crippen LogP contribution in [0.3, 0.4) is 0 Å². The lowest BCUT2D eigenvalue weighted by molar-refractivity contribution is -0.123. The SMILES string of the molecule is CCCC(Oc1ccc2c(c1)CN(O)C=C2)C(=O)Nc1ccc(N2CCCCC2=O)cc1. The van der Waals surface area contributed by atoms with Crippen molar-refractivity contribution in [2.75, 3.05) is 16.8 Å². The van der Waals surface area contributed by atoms with E-state index >= 15 is 0 Å². The number of carbonyl (C=O) groups is 2. The number of amides is 2. The molecule has 7 nitrogen and oxygen atoms in total. The van der Waals surface area contributed by atoms with Gasteiger partial charge in [-0.25, -0.2) is 0 Å². The largest absolute Gasteiger partial charge is 0.481 e. The summed E-state index contributed by atoms with van der Waals surface area (Å²) in [4.78, 5) is 26.8. The lowest BCUT2D eigenvalue weighted by atomic mass is 10.0. The van der Waals surface area contributed by atoms with E-state index in [1.165, 1.54) is 0 Å². The van der Waals surface area contributed by atoms with Crippen molar-refractivity contribution in [3.63, 3.8) is 0 Å². The van der Waals surface area contributed by atoms with Gasteiger partial charge in [-0.3, -0.25) is 19.9 Å². The second-order valence-electron chi connectivity index (χ2n) is 8.21. The Balaban J connectivity index is 1.42. The van der Waals surface area contributed by atoms with Crippen molar-refractivity contribution in [2.45, 2.75) is 51.7 Å². The minimum Gasteiger partial charge on any atom is -0.481 e. The van der Waals surface area contributed by atoms with Crippen molar-refractivity contribution < 1.29 is 19.5 Å². The van der Waals surface area contributed by atoms with Crippen LogP contribution in [0.5, 0.6) is 5.75 Å². The standard InChI is InChI=1S/C25H29N3O4/c1-2-5-23(32-22-12-7-18-13-15-27(31)17-19(18)16-22)25(30)26-20-8-10-21(11-9-20)28-14-4-3-6-24(28)29/h7-13,15-16,23,31H,2-6,14,17H2,1H3,(H,26,30). The van der Waals surface area contributed by atoms with E-state index in [0.29, 0.717) is 30.8 Å². The summed E-state index contributed by atoms with van der Waals surface area (Å²) in [5.74, 6) is 0.532. The summed E-state index contributed by atoms with van der Waals surface area (Å²) in [6.45, 7) is 3.12. The molecule has 2 aliphatic heterocycles. The zero-order valence-electron chi connectivity index (χ0n) is 18.3. The molecule has 0 bridgehead atoms. The summed E-state index contributed by atoms with van der Waals surface area (Å²) in [7, 11) is 0. The van der Waals surface area contributed by atoms with E-state index in [0.717, 1.165) is 47.7 Å². The number of benzene rings is 2. The highest BCUT2D eigenvalue weighted by molar-refractivity contribution is 5.96. The second kappa shape index (κ2) is 9.87. The molecule has 2 N–H and O–H groups in total. The van der Waals surface area contributed by atoms with E-state index < -0.39 is 6.10 Å². The van der Waals surface area contributed by atoms with Gasteiger partial charge in [-0.15, -0.1) is 0 Å². The van der Waals surface area contributed by atoms with Gasteiger partial charge in [0.15, 0.2) is 6.10 Å². The van der Waals surface area contributed by atoms with Crippen LogP contribution in [-0.2, 0) is 16.1 Å². The summed E-state index contributed by atoms with van der Waals surface area (Å²) < 4.78 is 6.03. The van der Waals surface area contributed by atoms with Gasteiger partial charge in [0.05, 0.1) is 6.54 Å². The first-order chi connectivity index (χ1) is 15.5. The summed E-state index contributed by atoms with van der Waals surface area (Å²) in [5.41, 5.74) is 3.48. The van der Waals surface area contributed by atoms with Crippen LogP contribution in [0.2, 0.25) is 0 Å². The van der Waals surface area contributed by atoms with Gasteiger partial charge < -0.3 is 15.0 Å². The van der Waals surface area contributed by atoms with Crippen molar-refractivity contribution in [1.82, 2.24) is 5.06 Å². The Morgan fingerprint density at radius 3 is 2.75 bits per heavy atom. The number of piperidine rings is 1. The Morgan fingerprint density at radius 2 is 2.00 bits per heavy atom. The number of nitrogens with zero attached hydrogens (tertiary/aromatic N) is 2. The average molecular weight is 436 g/mol. The van der Waals surface area contributed by atoms with Crippen molar-refractivity contribution in [2.24, 2.45) is 0 Å². The monoisotopic (exact) mass is 435 g/mol. The van der Waals surface area contributed by atoms with Crippen molar-refractivity contribution in [1.29, 1.82) is 0 Å². The molecule has 1 saturated heterocycles. The predicted octanol–water partition coefficient (Wildman–Crippen LogP) is 4.57. The van der Waals surface area contributed by atoms with Gasteiger partial charge in [-0.1, -0.05) is 19.4 Å². The minimum absolute atomic E-state index is 0.148. The third-order valence-corrected chi connectivity index (χ3v) is 5.76. The molecule has 0 aliphatic carbocycles. The smallest absolute Gasteiger partial charge is 0.265 e. The highest BCUT2D eigenvalue weighted by Gasteiger charge is 2.22. The molecule has 168 valence electrons. The van der Waals surface area contributed by atoms with Crippen molar-refractivity contribution >= 4 is 29.3 Å². The number of carbonyl (C=O) groups excluding carboxylic acids is 2. The maximum Gasteiger partial charge on any atom is 0.265 e. The number of hydroxylamine groups is 2. The molecule has 1 atom stereocenters. The lowest BCUT2D eigenvalue weighted by Gasteiger charge is -2.27. The molecule has 2 amide bonds. The molecule has 2 aromatic rings. The molecule has 0 spiro atoms. The molecular weight excluding hydrogens is 406 g/mol. The van der Waals surface area contributed by atoms with Crippen LogP contribution in [0.1, 0.15) is 50.2 Å². The molecule has 4 rings (SSSR count). The molecule has 2 aromatic carbocycles. The Bertz CT molecular complexity index is 1000. The summed E-state index contributed by atoms with van der Waals surface area (Å²) in [6.07, 6.45) is 6.73. The van der Waals surface area contributed by atoms with Crippen LogP contribution >= 0.6 is 0 Å². The molecule has 1 fully saturated rings. The molecule has 7 heteroatoms. The first kappa shape index (κ1) is 21.9. The number of hydrogen-bond acceptors (Lipinski definition) is 5. The van der Waals surface area contributed by atoms with Crippen LogP contribution in [0.15, 0.2) is 48.7 Å². The van der Waals surface area contributed by atoms with Gasteiger partial charge >= 0.3 is 0 Å².